The zero-order chi connectivity index (χ0) is 25.8. The number of fused-ring (bicyclic) bond motifs is 1. The van der Waals surface area contributed by atoms with E-state index in [0.717, 1.165) is 11.3 Å². The van der Waals surface area contributed by atoms with E-state index >= 15 is 0 Å². The second kappa shape index (κ2) is 10.6. The van der Waals surface area contributed by atoms with E-state index in [1.54, 1.807) is 47.6 Å². The van der Waals surface area contributed by atoms with E-state index in [4.69, 9.17) is 5.73 Å². The Morgan fingerprint density at radius 1 is 0.919 bits per heavy atom. The molecule has 1 amide bonds. The molecule has 190 valence electrons. The van der Waals surface area contributed by atoms with Gasteiger partial charge in [0.1, 0.15) is 6.04 Å². The summed E-state index contributed by atoms with van der Waals surface area (Å²) in [4.78, 5) is 21.9. The number of benzene rings is 3. The summed E-state index contributed by atoms with van der Waals surface area (Å²) >= 11 is 0. The van der Waals surface area contributed by atoms with E-state index in [2.05, 4.69) is 26.7 Å². The predicted molar refractivity (Wildman–Crippen MR) is 146 cm³/mol. The SMILES string of the molecule is Nc1ccc(CC(NS(=O)(=O)c2cccc3cnccc23)C(=O)N2CCN(c3ccccc3)CC2)cc1. The Labute approximate surface area is 216 Å². The third kappa shape index (κ3) is 5.58. The molecular formula is C28H29N5O3S. The van der Waals surface area contributed by atoms with Crippen LogP contribution in [0.3, 0.4) is 0 Å². The number of pyridine rings is 1. The first-order valence-electron chi connectivity index (χ1n) is 12.2. The van der Waals surface area contributed by atoms with Gasteiger partial charge in [0.15, 0.2) is 0 Å². The fourth-order valence-electron chi connectivity index (χ4n) is 4.69. The highest BCUT2D eigenvalue weighted by Gasteiger charge is 2.32. The summed E-state index contributed by atoms with van der Waals surface area (Å²) in [5, 5.41) is 1.27. The molecule has 8 nitrogen and oxygen atoms in total. The molecule has 4 aromatic rings. The Balaban J connectivity index is 1.39. The molecule has 0 bridgehead atoms. The second-order valence-electron chi connectivity index (χ2n) is 9.12. The minimum atomic E-state index is -4.01. The van der Waals surface area contributed by atoms with Crippen LogP contribution in [0.1, 0.15) is 5.56 Å². The number of anilines is 2. The van der Waals surface area contributed by atoms with Gasteiger partial charge in [-0.3, -0.25) is 9.78 Å². The van der Waals surface area contributed by atoms with Gasteiger partial charge >= 0.3 is 0 Å². The van der Waals surface area contributed by atoms with Crippen molar-refractivity contribution in [3.8, 4) is 0 Å². The molecular weight excluding hydrogens is 486 g/mol. The van der Waals surface area contributed by atoms with Gasteiger partial charge in [-0.2, -0.15) is 4.72 Å². The summed E-state index contributed by atoms with van der Waals surface area (Å²) in [5.74, 6) is -0.241. The highest BCUT2D eigenvalue weighted by molar-refractivity contribution is 7.89. The van der Waals surface area contributed by atoms with E-state index in [1.807, 2.05) is 36.4 Å². The molecule has 3 N–H and O–H groups in total. The topological polar surface area (TPSA) is 109 Å². The van der Waals surface area contributed by atoms with Gasteiger partial charge in [0.2, 0.25) is 15.9 Å². The maximum Gasteiger partial charge on any atom is 0.241 e. The molecule has 37 heavy (non-hydrogen) atoms. The van der Waals surface area contributed by atoms with Crippen molar-refractivity contribution in [2.45, 2.75) is 17.4 Å². The average Bonchev–Trinajstić information content (AvgIpc) is 2.93. The Kier molecular flexibility index (Phi) is 7.07. The Hall–Kier alpha value is -3.95. The lowest BCUT2D eigenvalue weighted by Gasteiger charge is -2.37. The van der Waals surface area contributed by atoms with Crippen LogP contribution in [0.25, 0.3) is 10.8 Å². The average molecular weight is 516 g/mol. The molecule has 3 aromatic carbocycles. The molecule has 1 fully saturated rings. The number of amides is 1. The van der Waals surface area contributed by atoms with Crippen molar-refractivity contribution in [2.24, 2.45) is 0 Å². The highest BCUT2D eigenvalue weighted by Crippen LogP contribution is 2.23. The molecule has 1 saturated heterocycles. The highest BCUT2D eigenvalue weighted by atomic mass is 32.2. The third-order valence-corrected chi connectivity index (χ3v) is 8.19. The van der Waals surface area contributed by atoms with Crippen LogP contribution in [0.15, 0.2) is 96.2 Å². The zero-order valence-corrected chi connectivity index (χ0v) is 21.1. The summed E-state index contributed by atoms with van der Waals surface area (Å²) < 4.78 is 29.9. The number of nitrogens with two attached hydrogens (primary N) is 1. The molecule has 0 saturated carbocycles. The van der Waals surface area contributed by atoms with Gasteiger partial charge in [-0.25, -0.2) is 8.42 Å². The zero-order valence-electron chi connectivity index (χ0n) is 20.3. The predicted octanol–water partition coefficient (Wildman–Crippen LogP) is 3.06. The van der Waals surface area contributed by atoms with E-state index in [9.17, 15) is 13.2 Å². The number of rotatable bonds is 7. The first kappa shape index (κ1) is 24.7. The van der Waals surface area contributed by atoms with E-state index in [0.29, 0.717) is 42.6 Å². The summed E-state index contributed by atoms with van der Waals surface area (Å²) in [7, 11) is -4.01. The van der Waals surface area contributed by atoms with Gasteiger partial charge in [-0.1, -0.05) is 42.5 Å². The maximum atomic E-state index is 13.7. The molecule has 9 heteroatoms. The number of aromatic nitrogens is 1. The maximum absolute atomic E-state index is 13.7. The van der Waals surface area contributed by atoms with Gasteiger partial charge in [0, 0.05) is 60.7 Å². The van der Waals surface area contributed by atoms with Crippen molar-refractivity contribution in [3.05, 3.63) is 96.8 Å². The number of hydrogen-bond donors (Lipinski definition) is 2. The van der Waals surface area contributed by atoms with E-state index < -0.39 is 16.1 Å². The van der Waals surface area contributed by atoms with Crippen molar-refractivity contribution in [2.75, 3.05) is 36.8 Å². The van der Waals surface area contributed by atoms with Gasteiger partial charge in [-0.05, 0) is 48.4 Å². The van der Waals surface area contributed by atoms with Crippen LogP contribution in [0.4, 0.5) is 11.4 Å². The standard InChI is InChI=1S/C28H29N5O3S/c29-23-11-9-21(10-12-23)19-26(28(34)33-17-15-32(16-18-33)24-6-2-1-3-7-24)31-37(35,36)27-8-4-5-22-20-30-14-13-25(22)27/h1-14,20,26,31H,15-19,29H2. The van der Waals surface area contributed by atoms with E-state index in [-0.39, 0.29) is 17.2 Å². The van der Waals surface area contributed by atoms with E-state index in [1.165, 1.54) is 0 Å². The van der Waals surface area contributed by atoms with Gasteiger partial charge in [-0.15, -0.1) is 0 Å². The van der Waals surface area contributed by atoms with Gasteiger partial charge < -0.3 is 15.5 Å². The molecule has 1 unspecified atom stereocenters. The number of hydrogen-bond acceptors (Lipinski definition) is 6. The molecule has 1 aliphatic rings. The van der Waals surface area contributed by atoms with Gasteiger partial charge in [0.05, 0.1) is 4.90 Å². The van der Waals surface area contributed by atoms with Crippen LogP contribution in [0.5, 0.6) is 0 Å². The number of sulfonamides is 1. The largest absolute Gasteiger partial charge is 0.399 e. The number of piperazine rings is 1. The molecule has 0 aliphatic carbocycles. The third-order valence-electron chi connectivity index (χ3n) is 6.66. The fourth-order valence-corrected chi connectivity index (χ4v) is 6.11. The minimum Gasteiger partial charge on any atom is -0.399 e. The lowest BCUT2D eigenvalue weighted by atomic mass is 10.0. The molecule has 1 atom stereocenters. The van der Waals surface area contributed by atoms with Crippen molar-refractivity contribution < 1.29 is 13.2 Å². The van der Waals surface area contributed by atoms with Crippen molar-refractivity contribution in [3.63, 3.8) is 0 Å². The van der Waals surface area contributed by atoms with Gasteiger partial charge in [0.25, 0.3) is 0 Å². The number of nitrogens with zero attached hydrogens (tertiary/aromatic N) is 3. The molecule has 5 rings (SSSR count). The Morgan fingerprint density at radius 2 is 1.65 bits per heavy atom. The fraction of sp³-hybridized carbons (Fsp3) is 0.214. The van der Waals surface area contributed by atoms with Crippen LogP contribution in [-0.4, -0.2) is 56.4 Å². The number of para-hydroxylation sites is 1. The lowest BCUT2D eigenvalue weighted by molar-refractivity contribution is -0.133. The van der Waals surface area contributed by atoms with Crippen LogP contribution >= 0.6 is 0 Å². The summed E-state index contributed by atoms with van der Waals surface area (Å²) in [6.45, 7) is 2.36. The Bertz CT molecular complexity index is 1480. The summed E-state index contributed by atoms with van der Waals surface area (Å²) in [6, 6.07) is 23.0. The molecule has 1 aromatic heterocycles. The monoisotopic (exact) mass is 515 g/mol. The summed E-state index contributed by atoms with van der Waals surface area (Å²) in [6.07, 6.45) is 3.39. The smallest absolute Gasteiger partial charge is 0.241 e. The number of nitrogens with one attached hydrogen (secondary N) is 1. The van der Waals surface area contributed by atoms with Crippen molar-refractivity contribution in [1.29, 1.82) is 0 Å². The number of nitrogen functional groups attached to an aromatic ring is 1. The number of carbonyl (C=O) groups is 1. The van der Waals surface area contributed by atoms with Crippen molar-refractivity contribution in [1.82, 2.24) is 14.6 Å². The Morgan fingerprint density at radius 3 is 2.38 bits per heavy atom. The minimum absolute atomic E-state index is 0.122. The van der Waals surface area contributed by atoms with Crippen LogP contribution < -0.4 is 15.4 Å². The normalized spacial score (nSPS) is 15.0. The van der Waals surface area contributed by atoms with Crippen LogP contribution in [0.2, 0.25) is 0 Å². The first-order valence-corrected chi connectivity index (χ1v) is 13.7. The molecule has 1 aliphatic heterocycles. The van der Waals surface area contributed by atoms with Crippen LogP contribution in [0, 0.1) is 0 Å². The second-order valence-corrected chi connectivity index (χ2v) is 10.8. The lowest BCUT2D eigenvalue weighted by Crippen LogP contribution is -2.55. The molecule has 2 heterocycles. The summed E-state index contributed by atoms with van der Waals surface area (Å²) in [5.41, 5.74) is 8.36. The van der Waals surface area contributed by atoms with Crippen LogP contribution in [-0.2, 0) is 21.2 Å². The van der Waals surface area contributed by atoms with Crippen molar-refractivity contribution >= 4 is 38.1 Å². The molecule has 0 spiro atoms. The quantitative estimate of drug-likeness (QED) is 0.366. The first-order chi connectivity index (χ1) is 17.9. The number of carbonyl (C=O) groups excluding carboxylic acids is 1. The molecule has 0 radical (unpaired) electrons.